The molecular formula is C24H22BrIN2O6S. The lowest BCUT2D eigenvalue weighted by Crippen LogP contribution is -2.46. The van der Waals surface area contributed by atoms with Gasteiger partial charge in [-0.05, 0) is 91.8 Å². The number of hydrogen-bond donors (Lipinski definition) is 0. The van der Waals surface area contributed by atoms with E-state index < -0.39 is 11.1 Å². The monoisotopic (exact) mass is 672 g/mol. The maximum Gasteiger partial charge on any atom is 0.294 e. The number of amides is 3. The maximum atomic E-state index is 12.9. The van der Waals surface area contributed by atoms with Crippen LogP contribution in [0, 0.1) is 3.57 Å². The van der Waals surface area contributed by atoms with Gasteiger partial charge in [-0.15, -0.1) is 0 Å². The number of carbonyl (C=O) groups excluding carboxylic acids is 3. The van der Waals surface area contributed by atoms with Crippen LogP contribution in [0.1, 0.15) is 11.1 Å². The van der Waals surface area contributed by atoms with Crippen molar-refractivity contribution in [2.24, 2.45) is 0 Å². The molecule has 35 heavy (non-hydrogen) atoms. The molecule has 2 aliphatic heterocycles. The Morgan fingerprint density at radius 2 is 1.91 bits per heavy atom. The molecule has 0 atom stereocenters. The van der Waals surface area contributed by atoms with Crippen LogP contribution in [-0.4, -0.2) is 66.8 Å². The Balaban J connectivity index is 1.47. The van der Waals surface area contributed by atoms with E-state index in [0.29, 0.717) is 54.4 Å². The van der Waals surface area contributed by atoms with E-state index in [4.69, 9.17) is 14.2 Å². The highest BCUT2D eigenvalue weighted by Gasteiger charge is 2.37. The molecule has 0 N–H and O–H groups in total. The first-order chi connectivity index (χ1) is 16.9. The first-order valence-corrected chi connectivity index (χ1v) is 13.4. The number of methoxy groups -OCH3 is 1. The molecule has 0 spiro atoms. The molecule has 0 aliphatic carbocycles. The molecule has 3 amide bonds. The van der Waals surface area contributed by atoms with E-state index in [1.807, 2.05) is 24.3 Å². The molecular weight excluding hydrogens is 651 g/mol. The molecule has 0 unspecified atom stereocenters. The van der Waals surface area contributed by atoms with Crippen LogP contribution in [0.25, 0.3) is 6.08 Å². The molecule has 2 heterocycles. The van der Waals surface area contributed by atoms with Crippen LogP contribution in [-0.2, 0) is 20.9 Å². The van der Waals surface area contributed by atoms with Gasteiger partial charge in [-0.25, -0.2) is 0 Å². The van der Waals surface area contributed by atoms with Crippen LogP contribution in [0.3, 0.4) is 0 Å². The number of thioether (sulfide) groups is 1. The van der Waals surface area contributed by atoms with E-state index in [0.717, 1.165) is 25.8 Å². The third kappa shape index (κ3) is 6.38. The van der Waals surface area contributed by atoms with Crippen LogP contribution in [0.15, 0.2) is 45.8 Å². The molecule has 4 rings (SSSR count). The predicted molar refractivity (Wildman–Crippen MR) is 144 cm³/mol. The number of hydrogen-bond acceptors (Lipinski definition) is 7. The largest absolute Gasteiger partial charge is 0.493 e. The second-order valence-electron chi connectivity index (χ2n) is 7.71. The summed E-state index contributed by atoms with van der Waals surface area (Å²) in [6.45, 7) is 1.90. The van der Waals surface area contributed by atoms with Crippen molar-refractivity contribution in [1.82, 2.24) is 9.80 Å². The number of nitrogens with zero attached hydrogens (tertiary/aromatic N) is 2. The zero-order valence-corrected chi connectivity index (χ0v) is 23.4. The zero-order chi connectivity index (χ0) is 24.9. The van der Waals surface area contributed by atoms with Crippen molar-refractivity contribution < 1.29 is 28.6 Å². The topological polar surface area (TPSA) is 85.4 Å². The van der Waals surface area contributed by atoms with E-state index in [1.165, 1.54) is 7.11 Å². The Morgan fingerprint density at radius 1 is 1.20 bits per heavy atom. The summed E-state index contributed by atoms with van der Waals surface area (Å²) in [4.78, 5) is 40.7. The molecule has 11 heteroatoms. The molecule has 8 nitrogen and oxygen atoms in total. The fraction of sp³-hybridized carbons (Fsp3) is 0.292. The van der Waals surface area contributed by atoms with Crippen LogP contribution in [0.2, 0.25) is 0 Å². The highest BCUT2D eigenvalue weighted by Crippen LogP contribution is 2.39. The molecule has 2 aromatic rings. The lowest BCUT2D eigenvalue weighted by molar-refractivity contribution is -0.139. The second-order valence-corrected chi connectivity index (χ2v) is 10.8. The van der Waals surface area contributed by atoms with Crippen molar-refractivity contribution in [2.75, 3.05) is 40.0 Å². The molecule has 0 aromatic heterocycles. The van der Waals surface area contributed by atoms with Crippen molar-refractivity contribution in [1.29, 1.82) is 0 Å². The summed E-state index contributed by atoms with van der Waals surface area (Å²) in [6.07, 6.45) is 1.61. The maximum absolute atomic E-state index is 12.9. The van der Waals surface area contributed by atoms with E-state index >= 15 is 0 Å². The molecule has 2 fully saturated rings. The highest BCUT2D eigenvalue weighted by molar-refractivity contribution is 14.1. The lowest BCUT2D eigenvalue weighted by atomic mass is 10.1. The predicted octanol–water partition coefficient (Wildman–Crippen LogP) is 4.54. The van der Waals surface area contributed by atoms with Crippen LogP contribution >= 0.6 is 50.3 Å². The Morgan fingerprint density at radius 3 is 2.60 bits per heavy atom. The van der Waals surface area contributed by atoms with Crippen molar-refractivity contribution in [3.05, 3.63) is 60.5 Å². The van der Waals surface area contributed by atoms with Gasteiger partial charge >= 0.3 is 0 Å². The standard InChI is InChI=1S/C24H22BrIN2O6S/c1-32-19-11-16(10-18(25)22(19)34-14-15-2-4-17(26)5-3-15)12-20-23(30)28(24(31)35-20)13-21(29)27-6-8-33-9-7-27/h2-5,10-12H,6-9,13-14H2,1H3/b20-12+. The van der Waals surface area contributed by atoms with Gasteiger partial charge < -0.3 is 19.1 Å². The summed E-state index contributed by atoms with van der Waals surface area (Å²) >= 11 is 6.59. The van der Waals surface area contributed by atoms with Gasteiger partial charge in [0.25, 0.3) is 11.1 Å². The number of rotatable bonds is 7. The van der Waals surface area contributed by atoms with E-state index in [2.05, 4.69) is 38.5 Å². The van der Waals surface area contributed by atoms with Crippen LogP contribution in [0.5, 0.6) is 11.5 Å². The normalized spacial score (nSPS) is 17.3. The van der Waals surface area contributed by atoms with E-state index in [-0.39, 0.29) is 17.4 Å². The highest BCUT2D eigenvalue weighted by atomic mass is 127. The molecule has 0 saturated carbocycles. The van der Waals surface area contributed by atoms with Gasteiger partial charge in [0.2, 0.25) is 5.91 Å². The molecule has 0 bridgehead atoms. The summed E-state index contributed by atoms with van der Waals surface area (Å²) in [6, 6.07) is 11.5. The first kappa shape index (κ1) is 26.0. The Hall–Kier alpha value is -2.09. The number of imide groups is 1. The van der Waals surface area contributed by atoms with Crippen molar-refractivity contribution in [2.45, 2.75) is 6.61 Å². The van der Waals surface area contributed by atoms with Gasteiger partial charge in [0.05, 0.1) is 29.7 Å². The summed E-state index contributed by atoms with van der Waals surface area (Å²) < 4.78 is 18.5. The third-order valence-corrected chi connectivity index (χ3v) is 7.59. The van der Waals surface area contributed by atoms with E-state index in [9.17, 15) is 14.4 Å². The third-order valence-electron chi connectivity index (χ3n) is 5.38. The van der Waals surface area contributed by atoms with Gasteiger partial charge in [-0.2, -0.15) is 0 Å². The summed E-state index contributed by atoms with van der Waals surface area (Å²) in [5.74, 6) is 0.261. The quantitative estimate of drug-likeness (QED) is 0.316. The van der Waals surface area contributed by atoms with Gasteiger partial charge in [0, 0.05) is 16.7 Å². The van der Waals surface area contributed by atoms with E-state index in [1.54, 1.807) is 23.1 Å². The van der Waals surface area contributed by atoms with Gasteiger partial charge in [0.15, 0.2) is 11.5 Å². The van der Waals surface area contributed by atoms with Crippen molar-refractivity contribution in [3.63, 3.8) is 0 Å². The minimum atomic E-state index is -0.490. The van der Waals surface area contributed by atoms with Gasteiger partial charge in [-0.3, -0.25) is 19.3 Å². The smallest absolute Gasteiger partial charge is 0.294 e. The number of carbonyl (C=O) groups is 3. The summed E-state index contributed by atoms with van der Waals surface area (Å²) in [7, 11) is 1.54. The minimum absolute atomic E-state index is 0.242. The fourth-order valence-electron chi connectivity index (χ4n) is 3.54. The Bertz CT molecular complexity index is 1170. The number of benzene rings is 2. The van der Waals surface area contributed by atoms with Gasteiger partial charge in [0.1, 0.15) is 13.2 Å². The van der Waals surface area contributed by atoms with Crippen LogP contribution in [0.4, 0.5) is 4.79 Å². The summed E-state index contributed by atoms with van der Waals surface area (Å²) in [5.41, 5.74) is 1.67. The molecule has 0 radical (unpaired) electrons. The average Bonchev–Trinajstić information content (AvgIpc) is 3.11. The van der Waals surface area contributed by atoms with Crippen LogP contribution < -0.4 is 9.47 Å². The minimum Gasteiger partial charge on any atom is -0.493 e. The Kier molecular flexibility index (Phi) is 8.73. The first-order valence-electron chi connectivity index (χ1n) is 10.7. The lowest BCUT2D eigenvalue weighted by Gasteiger charge is -2.28. The SMILES string of the molecule is COc1cc(/C=C2/SC(=O)N(CC(=O)N3CCOCC3)C2=O)cc(Br)c1OCc1ccc(I)cc1. The Labute approximate surface area is 229 Å². The molecule has 184 valence electrons. The van der Waals surface area contributed by atoms with Gasteiger partial charge in [-0.1, -0.05) is 12.1 Å². The summed E-state index contributed by atoms with van der Waals surface area (Å²) in [5, 5.41) is -0.466. The number of morpholine rings is 1. The molecule has 2 saturated heterocycles. The molecule has 2 aliphatic rings. The number of ether oxygens (including phenoxy) is 3. The zero-order valence-electron chi connectivity index (χ0n) is 18.8. The van der Waals surface area contributed by atoms with Crippen molar-refractivity contribution >= 4 is 73.4 Å². The second kappa shape index (κ2) is 11.8. The average molecular weight is 673 g/mol. The van der Waals surface area contributed by atoms with Crippen molar-refractivity contribution in [3.8, 4) is 11.5 Å². The fourth-order valence-corrected chi connectivity index (χ4v) is 5.31. The molecule has 2 aromatic carbocycles. The number of halogens is 2.